The number of carbonyl (C=O) groups excluding carboxylic acids is 1. The van der Waals surface area contributed by atoms with Crippen molar-refractivity contribution >= 4 is 12.0 Å². The molecular weight excluding hydrogens is 358 g/mol. The average molecular weight is 383 g/mol. The molecule has 148 valence electrons. The molecule has 0 aromatic heterocycles. The number of rotatable bonds is 8. The Balaban J connectivity index is 1.86. The molecule has 0 saturated carbocycles. The molecule has 1 aliphatic rings. The van der Waals surface area contributed by atoms with Gasteiger partial charge in [0.1, 0.15) is 0 Å². The molecule has 1 aliphatic carbocycles. The van der Waals surface area contributed by atoms with Gasteiger partial charge in [0.25, 0.3) is 0 Å². The van der Waals surface area contributed by atoms with Crippen LogP contribution in [0.5, 0.6) is 17.2 Å². The lowest BCUT2D eigenvalue weighted by Gasteiger charge is -2.19. The first-order valence-electron chi connectivity index (χ1n) is 9.12. The summed E-state index contributed by atoms with van der Waals surface area (Å²) in [7, 11) is 4.75. The van der Waals surface area contributed by atoms with E-state index < -0.39 is 0 Å². The molecule has 2 aromatic carbocycles. The molecule has 1 atom stereocenters. The van der Waals surface area contributed by atoms with E-state index in [1.54, 1.807) is 28.3 Å². The fourth-order valence-corrected chi connectivity index (χ4v) is 3.39. The first-order valence-corrected chi connectivity index (χ1v) is 9.12. The Morgan fingerprint density at radius 2 is 1.71 bits per heavy atom. The summed E-state index contributed by atoms with van der Waals surface area (Å²) >= 11 is 0. The van der Waals surface area contributed by atoms with E-state index in [2.05, 4.69) is 5.32 Å². The maximum absolute atomic E-state index is 12.4. The second-order valence-electron chi connectivity index (χ2n) is 6.30. The van der Waals surface area contributed by atoms with Gasteiger partial charge in [0.15, 0.2) is 11.5 Å². The quantitative estimate of drug-likeness (QED) is 0.704. The number of hydrogen-bond acceptors (Lipinski definition) is 6. The molecular formula is C22H25NO5. The highest BCUT2D eigenvalue weighted by Crippen LogP contribution is 2.39. The van der Waals surface area contributed by atoms with Crippen LogP contribution in [0.15, 0.2) is 42.0 Å². The second kappa shape index (κ2) is 8.80. The molecule has 6 heteroatoms. The van der Waals surface area contributed by atoms with Gasteiger partial charge in [-0.1, -0.05) is 24.3 Å². The van der Waals surface area contributed by atoms with Crippen molar-refractivity contribution in [3.63, 3.8) is 0 Å². The summed E-state index contributed by atoms with van der Waals surface area (Å²) in [6.45, 7) is 2.65. The number of fused-ring (bicyclic) bond motifs is 1. The molecule has 2 aromatic rings. The van der Waals surface area contributed by atoms with Crippen LogP contribution in [0.25, 0.3) is 6.08 Å². The Morgan fingerprint density at radius 1 is 1.04 bits per heavy atom. The third-order valence-corrected chi connectivity index (χ3v) is 4.67. The molecule has 0 fully saturated rings. The maximum atomic E-state index is 12.4. The van der Waals surface area contributed by atoms with Gasteiger partial charge in [-0.3, -0.25) is 0 Å². The summed E-state index contributed by atoms with van der Waals surface area (Å²) in [5.74, 6) is 1.42. The minimum Gasteiger partial charge on any atom is -0.493 e. The molecule has 28 heavy (non-hydrogen) atoms. The van der Waals surface area contributed by atoms with E-state index in [-0.39, 0.29) is 12.0 Å². The van der Waals surface area contributed by atoms with Crippen LogP contribution in [0.3, 0.4) is 0 Å². The van der Waals surface area contributed by atoms with Crippen LogP contribution >= 0.6 is 0 Å². The first kappa shape index (κ1) is 19.8. The molecule has 6 nitrogen and oxygen atoms in total. The highest BCUT2D eigenvalue weighted by molar-refractivity contribution is 5.98. The van der Waals surface area contributed by atoms with Crippen LogP contribution < -0.4 is 19.5 Å². The largest absolute Gasteiger partial charge is 0.493 e. The highest BCUT2D eigenvalue weighted by atomic mass is 16.5. The van der Waals surface area contributed by atoms with Gasteiger partial charge in [0.2, 0.25) is 5.75 Å². The van der Waals surface area contributed by atoms with Crippen LogP contribution in [0.2, 0.25) is 0 Å². The number of nitrogens with one attached hydrogen (secondary N) is 1. The van der Waals surface area contributed by atoms with Gasteiger partial charge in [0.05, 0.1) is 39.6 Å². The lowest BCUT2D eigenvalue weighted by molar-refractivity contribution is -0.138. The zero-order chi connectivity index (χ0) is 20.1. The van der Waals surface area contributed by atoms with E-state index in [1.807, 2.05) is 42.5 Å². The van der Waals surface area contributed by atoms with Crippen molar-refractivity contribution in [2.45, 2.75) is 19.5 Å². The van der Waals surface area contributed by atoms with Crippen LogP contribution in [-0.4, -0.2) is 33.9 Å². The summed E-state index contributed by atoms with van der Waals surface area (Å²) in [5, 5.41) is 3.46. The monoisotopic (exact) mass is 383 g/mol. The molecule has 1 N–H and O–H groups in total. The van der Waals surface area contributed by atoms with Gasteiger partial charge in [-0.05, 0) is 41.8 Å². The van der Waals surface area contributed by atoms with Crippen LogP contribution in [0.4, 0.5) is 0 Å². The Bertz CT molecular complexity index is 865. The smallest absolute Gasteiger partial charge is 0.335 e. The zero-order valence-electron chi connectivity index (χ0n) is 16.6. The van der Waals surface area contributed by atoms with Gasteiger partial charge < -0.3 is 24.3 Å². The molecule has 0 spiro atoms. The van der Waals surface area contributed by atoms with Crippen LogP contribution in [0, 0.1) is 0 Å². The molecule has 0 heterocycles. The Hall–Kier alpha value is -2.99. The first-order chi connectivity index (χ1) is 13.6. The van der Waals surface area contributed by atoms with Crippen molar-refractivity contribution in [3.8, 4) is 17.2 Å². The van der Waals surface area contributed by atoms with Gasteiger partial charge in [-0.25, -0.2) is 4.79 Å². The van der Waals surface area contributed by atoms with E-state index in [1.165, 1.54) is 0 Å². The number of methoxy groups -OCH3 is 3. The fourth-order valence-electron chi connectivity index (χ4n) is 3.39. The minimum absolute atomic E-state index is 0.241. The van der Waals surface area contributed by atoms with Gasteiger partial charge in [-0.2, -0.15) is 0 Å². The maximum Gasteiger partial charge on any atom is 0.335 e. The summed E-state index contributed by atoms with van der Waals surface area (Å²) in [5.41, 5.74) is 3.63. The summed E-state index contributed by atoms with van der Waals surface area (Å²) < 4.78 is 21.5. The van der Waals surface area contributed by atoms with Crippen molar-refractivity contribution < 1.29 is 23.7 Å². The van der Waals surface area contributed by atoms with E-state index in [4.69, 9.17) is 18.9 Å². The molecule has 3 rings (SSSR count). The lowest BCUT2D eigenvalue weighted by atomic mass is 10.0. The van der Waals surface area contributed by atoms with Crippen molar-refractivity contribution in [3.05, 3.63) is 58.7 Å². The summed E-state index contributed by atoms with van der Waals surface area (Å²) in [6, 6.07) is 11.5. The number of esters is 1. The van der Waals surface area contributed by atoms with E-state index >= 15 is 0 Å². The molecule has 0 radical (unpaired) electrons. The third kappa shape index (κ3) is 3.82. The molecule has 0 amide bonds. The summed E-state index contributed by atoms with van der Waals surface area (Å²) in [6.07, 6.45) is 1.89. The zero-order valence-corrected chi connectivity index (χ0v) is 16.6. The number of carbonyl (C=O) groups is 1. The number of benzene rings is 2. The van der Waals surface area contributed by atoms with E-state index in [0.717, 1.165) is 16.7 Å². The molecule has 0 bridgehead atoms. The number of hydrogen-bond donors (Lipinski definition) is 1. The predicted molar refractivity (Wildman–Crippen MR) is 107 cm³/mol. The predicted octanol–water partition coefficient (Wildman–Crippen LogP) is 3.50. The Labute approximate surface area is 165 Å². The Morgan fingerprint density at radius 3 is 2.32 bits per heavy atom. The van der Waals surface area contributed by atoms with Gasteiger partial charge in [0, 0.05) is 6.54 Å². The van der Waals surface area contributed by atoms with Crippen molar-refractivity contribution in [2.24, 2.45) is 0 Å². The summed E-state index contributed by atoms with van der Waals surface area (Å²) in [4.78, 5) is 12.4. The highest BCUT2D eigenvalue weighted by Gasteiger charge is 2.30. The lowest BCUT2D eigenvalue weighted by Crippen LogP contribution is -2.25. The van der Waals surface area contributed by atoms with Crippen LogP contribution in [0.1, 0.15) is 29.7 Å². The SMILES string of the molecule is CCOC(=O)C1=Cc2ccccc2C1NCc1cc(OC)c(OC)c(OC)c1. The Kier molecular flexibility index (Phi) is 6.21. The van der Waals surface area contributed by atoms with Gasteiger partial charge >= 0.3 is 5.97 Å². The topological polar surface area (TPSA) is 66.0 Å². The molecule has 0 aliphatic heterocycles. The number of ether oxygens (including phenoxy) is 4. The van der Waals surface area contributed by atoms with Crippen molar-refractivity contribution in [2.75, 3.05) is 27.9 Å². The average Bonchev–Trinajstić information content (AvgIpc) is 3.10. The molecule has 1 unspecified atom stereocenters. The van der Waals surface area contributed by atoms with E-state index in [0.29, 0.717) is 36.0 Å². The van der Waals surface area contributed by atoms with Crippen molar-refractivity contribution in [1.82, 2.24) is 5.32 Å². The normalized spacial score (nSPS) is 14.9. The minimum atomic E-state index is -0.305. The fraction of sp³-hybridized carbons (Fsp3) is 0.318. The third-order valence-electron chi connectivity index (χ3n) is 4.67. The second-order valence-corrected chi connectivity index (χ2v) is 6.30. The van der Waals surface area contributed by atoms with E-state index in [9.17, 15) is 4.79 Å². The van der Waals surface area contributed by atoms with Crippen LogP contribution in [-0.2, 0) is 16.1 Å². The standard InChI is InChI=1S/C22H25NO5/c1-5-28-22(24)17-12-15-8-6-7-9-16(15)20(17)23-13-14-10-18(25-2)21(27-4)19(11-14)26-3/h6-12,20,23H,5,13H2,1-4H3. The van der Waals surface area contributed by atoms with Crippen molar-refractivity contribution in [1.29, 1.82) is 0 Å². The molecule has 0 saturated heterocycles. The van der Waals surface area contributed by atoms with Gasteiger partial charge in [-0.15, -0.1) is 0 Å².